The Morgan fingerprint density at radius 1 is 0.880 bits per heavy atom. The van der Waals surface area contributed by atoms with E-state index in [9.17, 15) is 0 Å². The third kappa shape index (κ3) is 7.85. The Hall–Kier alpha value is -0.960. The van der Waals surface area contributed by atoms with Gasteiger partial charge in [-0.1, -0.05) is 58.8 Å². The van der Waals surface area contributed by atoms with E-state index < -0.39 is 0 Å². The highest BCUT2D eigenvalue weighted by Gasteiger charge is 2.23. The van der Waals surface area contributed by atoms with Gasteiger partial charge in [0.25, 0.3) is 0 Å². The number of nitrogens with zero attached hydrogens (tertiary/aromatic N) is 2. The lowest BCUT2D eigenvalue weighted by Gasteiger charge is -2.27. The van der Waals surface area contributed by atoms with Gasteiger partial charge in [-0.2, -0.15) is 0 Å². The number of hydrogen-bond donors (Lipinski definition) is 0. The first-order valence-corrected chi connectivity index (χ1v) is 10.7. The maximum Gasteiger partial charge on any atom is 0.131 e. The van der Waals surface area contributed by atoms with E-state index in [1.165, 1.54) is 70.6 Å². The van der Waals surface area contributed by atoms with Crippen molar-refractivity contribution in [2.75, 3.05) is 6.61 Å². The topological polar surface area (TPSA) is 35.0 Å². The third-order valence-electron chi connectivity index (χ3n) is 5.56. The van der Waals surface area contributed by atoms with Crippen LogP contribution in [0.5, 0.6) is 0 Å². The van der Waals surface area contributed by atoms with Crippen LogP contribution in [0.1, 0.15) is 108 Å². The zero-order chi connectivity index (χ0) is 17.7. The minimum Gasteiger partial charge on any atom is -0.377 e. The fourth-order valence-corrected chi connectivity index (χ4v) is 3.83. The average molecular weight is 347 g/mol. The number of rotatable bonds is 12. The fraction of sp³-hybridized carbons (Fsp3) is 0.818. The van der Waals surface area contributed by atoms with Gasteiger partial charge in [-0.25, -0.2) is 9.97 Å². The molecule has 0 bridgehead atoms. The highest BCUT2D eigenvalue weighted by atomic mass is 16.5. The molecule has 2 rings (SSSR count). The average Bonchev–Trinajstić information content (AvgIpc) is 2.66. The zero-order valence-electron chi connectivity index (χ0n) is 16.5. The van der Waals surface area contributed by atoms with E-state index >= 15 is 0 Å². The molecule has 3 heteroatoms. The molecular weight excluding hydrogens is 308 g/mol. The quantitative estimate of drug-likeness (QED) is 0.409. The Kier molecular flexibility index (Phi) is 10.1. The first kappa shape index (κ1) is 20.4. The van der Waals surface area contributed by atoms with Gasteiger partial charge in [-0.3, -0.25) is 0 Å². The van der Waals surface area contributed by atoms with Crippen LogP contribution in [-0.4, -0.2) is 16.6 Å². The van der Waals surface area contributed by atoms with Gasteiger partial charge in [0.15, 0.2) is 0 Å². The number of hydrogen-bond acceptors (Lipinski definition) is 3. The minimum absolute atomic E-state index is 0.575. The van der Waals surface area contributed by atoms with Crippen LogP contribution in [0, 0.1) is 5.92 Å². The highest BCUT2D eigenvalue weighted by molar-refractivity contribution is 5.07. The fourth-order valence-electron chi connectivity index (χ4n) is 3.83. The number of unbranched alkanes of at least 4 members (excludes halogenated alkanes) is 5. The Labute approximate surface area is 155 Å². The van der Waals surface area contributed by atoms with E-state index in [2.05, 4.69) is 23.8 Å². The monoisotopic (exact) mass is 346 g/mol. The van der Waals surface area contributed by atoms with E-state index in [0.29, 0.717) is 12.5 Å². The summed E-state index contributed by atoms with van der Waals surface area (Å²) in [5.74, 6) is 2.58. The molecule has 0 aliphatic heterocycles. The van der Waals surface area contributed by atoms with Crippen molar-refractivity contribution in [1.82, 2.24) is 9.97 Å². The molecule has 0 atom stereocenters. The first-order chi connectivity index (χ1) is 12.3. The Bertz CT molecular complexity index is 438. The van der Waals surface area contributed by atoms with E-state index in [1.807, 2.05) is 12.4 Å². The van der Waals surface area contributed by atoms with Gasteiger partial charge in [-0.05, 0) is 38.0 Å². The van der Waals surface area contributed by atoms with Crippen molar-refractivity contribution in [3.05, 3.63) is 23.8 Å². The summed E-state index contributed by atoms with van der Waals surface area (Å²) in [5.41, 5.74) is 1.10. The number of aromatic nitrogens is 2. The van der Waals surface area contributed by atoms with Crippen LogP contribution in [0.15, 0.2) is 12.4 Å². The van der Waals surface area contributed by atoms with Crippen molar-refractivity contribution in [3.8, 4) is 0 Å². The molecule has 0 radical (unpaired) electrons. The minimum atomic E-state index is 0.575. The standard InChI is InChI=1S/C22H38N2O/c1-3-5-7-8-9-10-19-11-13-21(14-12-19)22-23-16-20(17-24-22)18-25-15-6-4-2/h16-17,19,21H,3-15,18H2,1-2H3. The molecule has 1 aromatic rings. The van der Waals surface area contributed by atoms with Crippen LogP contribution in [0.2, 0.25) is 0 Å². The molecule has 0 aromatic carbocycles. The van der Waals surface area contributed by atoms with Crippen LogP contribution in [0.4, 0.5) is 0 Å². The summed E-state index contributed by atoms with van der Waals surface area (Å²) in [6.45, 7) is 5.95. The Morgan fingerprint density at radius 2 is 1.56 bits per heavy atom. The van der Waals surface area contributed by atoms with Crippen molar-refractivity contribution >= 4 is 0 Å². The van der Waals surface area contributed by atoms with Crippen molar-refractivity contribution < 1.29 is 4.74 Å². The van der Waals surface area contributed by atoms with Gasteiger partial charge in [-0.15, -0.1) is 0 Å². The van der Waals surface area contributed by atoms with Gasteiger partial charge >= 0.3 is 0 Å². The van der Waals surface area contributed by atoms with Crippen LogP contribution in [-0.2, 0) is 11.3 Å². The summed E-state index contributed by atoms with van der Waals surface area (Å²) in [5, 5.41) is 0. The molecule has 1 aliphatic carbocycles. The molecule has 1 saturated carbocycles. The number of ether oxygens (including phenoxy) is 1. The largest absolute Gasteiger partial charge is 0.377 e. The van der Waals surface area contributed by atoms with Crippen molar-refractivity contribution in [1.29, 1.82) is 0 Å². The molecule has 0 spiro atoms. The lowest BCUT2D eigenvalue weighted by Crippen LogP contribution is -2.15. The Balaban J connectivity index is 1.64. The molecule has 25 heavy (non-hydrogen) atoms. The van der Waals surface area contributed by atoms with Crippen LogP contribution in [0.25, 0.3) is 0 Å². The molecular formula is C22H38N2O. The molecule has 1 fully saturated rings. The van der Waals surface area contributed by atoms with Crippen LogP contribution in [0.3, 0.4) is 0 Å². The van der Waals surface area contributed by atoms with Crippen molar-refractivity contribution in [2.24, 2.45) is 5.92 Å². The summed E-state index contributed by atoms with van der Waals surface area (Å²) in [4.78, 5) is 9.26. The van der Waals surface area contributed by atoms with Gasteiger partial charge in [0.1, 0.15) is 5.82 Å². The summed E-state index contributed by atoms with van der Waals surface area (Å²) < 4.78 is 5.64. The van der Waals surface area contributed by atoms with Gasteiger partial charge in [0.2, 0.25) is 0 Å². The van der Waals surface area contributed by atoms with Crippen molar-refractivity contribution in [3.63, 3.8) is 0 Å². The molecule has 1 heterocycles. The maximum atomic E-state index is 5.64. The molecule has 3 nitrogen and oxygen atoms in total. The zero-order valence-corrected chi connectivity index (χ0v) is 16.5. The van der Waals surface area contributed by atoms with Crippen LogP contribution < -0.4 is 0 Å². The third-order valence-corrected chi connectivity index (χ3v) is 5.56. The molecule has 0 amide bonds. The van der Waals surface area contributed by atoms with E-state index in [-0.39, 0.29) is 0 Å². The van der Waals surface area contributed by atoms with E-state index in [1.54, 1.807) is 0 Å². The second kappa shape index (κ2) is 12.4. The molecule has 0 N–H and O–H groups in total. The molecule has 0 saturated heterocycles. The molecule has 142 valence electrons. The molecule has 1 aromatic heterocycles. The lowest BCUT2D eigenvalue weighted by molar-refractivity contribution is 0.117. The molecule has 0 unspecified atom stereocenters. The predicted molar refractivity (Wildman–Crippen MR) is 105 cm³/mol. The molecule has 1 aliphatic rings. The summed E-state index contributed by atoms with van der Waals surface area (Å²) in [6, 6.07) is 0. The van der Waals surface area contributed by atoms with Crippen LogP contribution >= 0.6 is 0 Å². The van der Waals surface area contributed by atoms with Gasteiger partial charge in [0.05, 0.1) is 6.61 Å². The SMILES string of the molecule is CCCCCCCC1CCC(c2ncc(COCCCC)cn2)CC1. The summed E-state index contributed by atoms with van der Waals surface area (Å²) >= 11 is 0. The van der Waals surface area contributed by atoms with Crippen molar-refractivity contribution in [2.45, 2.75) is 103 Å². The van der Waals surface area contributed by atoms with Gasteiger partial charge in [0, 0.05) is 30.5 Å². The normalized spacial score (nSPS) is 20.7. The van der Waals surface area contributed by atoms with E-state index in [0.717, 1.165) is 30.3 Å². The summed E-state index contributed by atoms with van der Waals surface area (Å²) in [7, 11) is 0. The predicted octanol–water partition coefficient (Wildman–Crippen LogP) is 6.43. The van der Waals surface area contributed by atoms with Gasteiger partial charge < -0.3 is 4.74 Å². The second-order valence-corrected chi connectivity index (χ2v) is 7.78. The second-order valence-electron chi connectivity index (χ2n) is 7.78. The maximum absolute atomic E-state index is 5.64. The Morgan fingerprint density at radius 3 is 2.24 bits per heavy atom. The van der Waals surface area contributed by atoms with E-state index in [4.69, 9.17) is 4.74 Å². The smallest absolute Gasteiger partial charge is 0.131 e. The summed E-state index contributed by atoms with van der Waals surface area (Å²) in [6.07, 6.45) is 20.0. The highest BCUT2D eigenvalue weighted by Crippen LogP contribution is 2.36. The lowest BCUT2D eigenvalue weighted by atomic mass is 9.79. The first-order valence-electron chi connectivity index (χ1n) is 10.7.